The van der Waals surface area contributed by atoms with E-state index < -0.39 is 10.0 Å². The van der Waals surface area contributed by atoms with Crippen molar-refractivity contribution in [2.45, 2.75) is 18.2 Å². The van der Waals surface area contributed by atoms with E-state index in [1.807, 2.05) is 0 Å². The van der Waals surface area contributed by atoms with E-state index in [0.29, 0.717) is 30.2 Å². The Morgan fingerprint density at radius 3 is 2.30 bits per heavy atom. The van der Waals surface area contributed by atoms with Gasteiger partial charge in [-0.3, -0.25) is 0 Å². The van der Waals surface area contributed by atoms with Crippen molar-refractivity contribution in [3.63, 3.8) is 0 Å². The third-order valence-electron chi connectivity index (χ3n) is 3.61. The van der Waals surface area contributed by atoms with Crippen LogP contribution in [0.15, 0.2) is 53.4 Å². The molecule has 0 aromatic heterocycles. The van der Waals surface area contributed by atoms with Crippen LogP contribution in [0.3, 0.4) is 0 Å². The summed E-state index contributed by atoms with van der Waals surface area (Å²) >= 11 is 5.24. The Labute approximate surface area is 164 Å². The first kappa shape index (κ1) is 20.8. The van der Waals surface area contributed by atoms with Crippen LogP contribution in [0.4, 0.5) is 5.69 Å². The number of rotatable bonds is 7. The van der Waals surface area contributed by atoms with Gasteiger partial charge >= 0.3 is 5.97 Å². The first-order valence-corrected chi connectivity index (χ1v) is 10.2. The summed E-state index contributed by atoms with van der Waals surface area (Å²) in [6.45, 7) is 2.66. The van der Waals surface area contributed by atoms with Crippen LogP contribution in [0.25, 0.3) is 0 Å². The van der Waals surface area contributed by atoms with Gasteiger partial charge in [-0.05, 0) is 67.5 Å². The summed E-state index contributed by atoms with van der Waals surface area (Å²) in [6, 6.07) is 13.2. The molecule has 0 saturated carbocycles. The molecule has 2 rings (SSSR count). The molecule has 2 aromatic carbocycles. The Hall–Kier alpha value is -2.49. The average molecular weight is 408 g/mol. The molecule has 0 aliphatic rings. The lowest BCUT2D eigenvalue weighted by Crippen LogP contribution is -2.30. The maximum absolute atomic E-state index is 11.6. The van der Waals surface area contributed by atoms with E-state index in [1.165, 1.54) is 12.1 Å². The summed E-state index contributed by atoms with van der Waals surface area (Å²) in [4.78, 5) is 11.7. The van der Waals surface area contributed by atoms with Gasteiger partial charge in [-0.25, -0.2) is 18.4 Å². The van der Waals surface area contributed by atoms with Crippen LogP contribution in [-0.2, 0) is 21.2 Å². The molecule has 4 N–H and O–H groups in total. The largest absolute Gasteiger partial charge is 0.462 e. The highest BCUT2D eigenvalue weighted by Gasteiger charge is 2.07. The fourth-order valence-electron chi connectivity index (χ4n) is 2.25. The first-order valence-electron chi connectivity index (χ1n) is 8.23. The van der Waals surface area contributed by atoms with Crippen molar-refractivity contribution in [1.82, 2.24) is 5.32 Å². The van der Waals surface area contributed by atoms with Gasteiger partial charge in [-0.2, -0.15) is 0 Å². The molecule has 0 unspecified atom stereocenters. The molecule has 0 atom stereocenters. The highest BCUT2D eigenvalue weighted by atomic mass is 32.2. The minimum Gasteiger partial charge on any atom is -0.462 e. The Morgan fingerprint density at radius 1 is 1.11 bits per heavy atom. The Morgan fingerprint density at radius 2 is 1.74 bits per heavy atom. The molecule has 0 heterocycles. The summed E-state index contributed by atoms with van der Waals surface area (Å²) in [5.74, 6) is -0.363. The maximum Gasteiger partial charge on any atom is 0.338 e. The molecule has 0 spiro atoms. The molecular weight excluding hydrogens is 386 g/mol. The highest BCUT2D eigenvalue weighted by Crippen LogP contribution is 2.11. The second-order valence-electron chi connectivity index (χ2n) is 5.62. The van der Waals surface area contributed by atoms with E-state index in [4.69, 9.17) is 22.1 Å². The number of primary sulfonamides is 1. The van der Waals surface area contributed by atoms with Crippen molar-refractivity contribution >= 4 is 39.0 Å². The molecule has 0 radical (unpaired) electrons. The summed E-state index contributed by atoms with van der Waals surface area (Å²) in [5.41, 5.74) is 2.18. The Balaban J connectivity index is 1.80. The SMILES string of the molecule is CCOC(=O)c1ccc(NC(=S)NCCc2ccc(S(N)(=O)=O)cc2)cc1. The predicted octanol–water partition coefficient (Wildman–Crippen LogP) is 2.04. The Kier molecular flexibility index (Phi) is 7.28. The van der Waals surface area contributed by atoms with Gasteiger partial charge in [0.25, 0.3) is 0 Å². The number of hydrogen-bond acceptors (Lipinski definition) is 5. The number of esters is 1. The third kappa shape index (κ3) is 6.63. The van der Waals surface area contributed by atoms with Crippen LogP contribution in [-0.4, -0.2) is 32.7 Å². The number of anilines is 1. The summed E-state index contributed by atoms with van der Waals surface area (Å²) < 4.78 is 27.4. The molecule has 0 fully saturated rings. The molecule has 0 amide bonds. The van der Waals surface area contributed by atoms with Gasteiger partial charge in [-0.1, -0.05) is 12.1 Å². The van der Waals surface area contributed by atoms with E-state index in [2.05, 4.69) is 10.6 Å². The van der Waals surface area contributed by atoms with Crippen molar-refractivity contribution in [2.24, 2.45) is 5.14 Å². The van der Waals surface area contributed by atoms with Crippen LogP contribution in [0, 0.1) is 0 Å². The van der Waals surface area contributed by atoms with Crippen LogP contribution < -0.4 is 15.8 Å². The molecular formula is C18H21N3O4S2. The second kappa shape index (κ2) is 9.45. The predicted molar refractivity (Wildman–Crippen MR) is 108 cm³/mol. The van der Waals surface area contributed by atoms with Crippen molar-refractivity contribution in [3.05, 3.63) is 59.7 Å². The van der Waals surface area contributed by atoms with Crippen molar-refractivity contribution in [2.75, 3.05) is 18.5 Å². The normalized spacial score (nSPS) is 10.9. The molecule has 0 aliphatic heterocycles. The monoisotopic (exact) mass is 407 g/mol. The summed E-state index contributed by atoms with van der Waals surface area (Å²) in [7, 11) is -3.68. The zero-order valence-corrected chi connectivity index (χ0v) is 16.4. The van der Waals surface area contributed by atoms with Crippen LogP contribution >= 0.6 is 12.2 Å². The summed E-state index contributed by atoms with van der Waals surface area (Å²) in [6.07, 6.45) is 0.661. The molecule has 7 nitrogen and oxygen atoms in total. The number of carbonyl (C=O) groups is 1. The van der Waals surface area contributed by atoms with E-state index in [1.54, 1.807) is 43.3 Å². The smallest absolute Gasteiger partial charge is 0.338 e. The van der Waals surface area contributed by atoms with Crippen LogP contribution in [0.1, 0.15) is 22.8 Å². The van der Waals surface area contributed by atoms with Gasteiger partial charge < -0.3 is 15.4 Å². The van der Waals surface area contributed by atoms with Crippen molar-refractivity contribution in [3.8, 4) is 0 Å². The minimum atomic E-state index is -3.68. The second-order valence-corrected chi connectivity index (χ2v) is 7.59. The molecule has 0 aliphatic carbocycles. The van der Waals surface area contributed by atoms with E-state index in [0.717, 1.165) is 11.3 Å². The number of benzene rings is 2. The molecule has 9 heteroatoms. The van der Waals surface area contributed by atoms with Crippen molar-refractivity contribution in [1.29, 1.82) is 0 Å². The average Bonchev–Trinajstić information content (AvgIpc) is 2.62. The lowest BCUT2D eigenvalue weighted by Gasteiger charge is -2.11. The van der Waals surface area contributed by atoms with Gasteiger partial charge in [-0.15, -0.1) is 0 Å². The van der Waals surface area contributed by atoms with Crippen LogP contribution in [0.5, 0.6) is 0 Å². The van der Waals surface area contributed by atoms with Gasteiger partial charge in [0.1, 0.15) is 0 Å². The van der Waals surface area contributed by atoms with Crippen molar-refractivity contribution < 1.29 is 17.9 Å². The number of hydrogen-bond donors (Lipinski definition) is 3. The lowest BCUT2D eigenvalue weighted by atomic mass is 10.1. The number of nitrogens with two attached hydrogens (primary N) is 1. The number of thiocarbonyl (C=S) groups is 1. The zero-order valence-electron chi connectivity index (χ0n) is 14.8. The topological polar surface area (TPSA) is 111 Å². The van der Waals surface area contributed by atoms with E-state index in [9.17, 15) is 13.2 Å². The number of ether oxygens (including phenoxy) is 1. The van der Waals surface area contributed by atoms with Gasteiger partial charge in [0.05, 0.1) is 17.1 Å². The highest BCUT2D eigenvalue weighted by molar-refractivity contribution is 7.89. The van der Waals surface area contributed by atoms with E-state index in [-0.39, 0.29) is 10.9 Å². The van der Waals surface area contributed by atoms with E-state index >= 15 is 0 Å². The van der Waals surface area contributed by atoms with Gasteiger partial charge in [0.15, 0.2) is 5.11 Å². The molecule has 2 aromatic rings. The standard InChI is InChI=1S/C18H21N3O4S2/c1-2-25-17(22)14-5-7-15(8-6-14)21-18(26)20-12-11-13-3-9-16(10-4-13)27(19,23)24/h3-10H,2,11-12H2,1H3,(H2,19,23,24)(H2,20,21,26). The van der Waals surface area contributed by atoms with Gasteiger partial charge in [0, 0.05) is 12.2 Å². The summed E-state index contributed by atoms with van der Waals surface area (Å²) in [5, 5.41) is 11.6. The minimum absolute atomic E-state index is 0.0858. The quantitative estimate of drug-likeness (QED) is 0.476. The Bertz CT molecular complexity index is 895. The van der Waals surface area contributed by atoms with Crippen LogP contribution in [0.2, 0.25) is 0 Å². The number of nitrogens with one attached hydrogen (secondary N) is 2. The fourth-order valence-corrected chi connectivity index (χ4v) is 2.98. The fraction of sp³-hybridized carbons (Fsp3) is 0.222. The van der Waals surface area contributed by atoms with Gasteiger partial charge in [0.2, 0.25) is 10.0 Å². The number of carbonyl (C=O) groups excluding carboxylic acids is 1. The third-order valence-corrected chi connectivity index (χ3v) is 4.78. The first-order chi connectivity index (χ1) is 12.8. The number of sulfonamides is 1. The molecule has 144 valence electrons. The zero-order chi connectivity index (χ0) is 19.9. The molecule has 0 saturated heterocycles. The molecule has 0 bridgehead atoms. The maximum atomic E-state index is 11.6. The molecule has 27 heavy (non-hydrogen) atoms. The lowest BCUT2D eigenvalue weighted by molar-refractivity contribution is 0.0526.